The molecule has 0 saturated carbocycles. The van der Waals surface area contributed by atoms with Gasteiger partial charge in [0.05, 0.1) is 6.10 Å². The summed E-state index contributed by atoms with van der Waals surface area (Å²) in [6.07, 6.45) is -0.669. The van der Waals surface area contributed by atoms with E-state index in [0.29, 0.717) is 23.6 Å². The van der Waals surface area contributed by atoms with Crippen molar-refractivity contribution in [1.82, 2.24) is 10.3 Å². The number of hydrogen-bond donors (Lipinski definition) is 3. The van der Waals surface area contributed by atoms with Crippen LogP contribution < -0.4 is 5.32 Å². The van der Waals surface area contributed by atoms with Gasteiger partial charge in [0, 0.05) is 17.8 Å². The first kappa shape index (κ1) is 17.2. The number of carbonyl (C=O) groups excluding carboxylic acids is 2. The number of aliphatic hydroxyl groups excluding tert-OH is 1. The molecule has 6 nitrogen and oxygen atoms in total. The summed E-state index contributed by atoms with van der Waals surface area (Å²) in [6, 6.07) is 0. The summed E-state index contributed by atoms with van der Waals surface area (Å²) in [7, 11) is 0. The van der Waals surface area contributed by atoms with Crippen molar-refractivity contribution in [2.75, 3.05) is 13.2 Å². The second-order valence-electron chi connectivity index (χ2n) is 5.61. The molecule has 21 heavy (non-hydrogen) atoms. The van der Waals surface area contributed by atoms with Crippen molar-refractivity contribution in [3.8, 4) is 0 Å². The minimum atomic E-state index is -0.669. The molecule has 1 atom stereocenters. The van der Waals surface area contributed by atoms with Crippen LogP contribution in [-0.4, -0.2) is 35.1 Å². The summed E-state index contributed by atoms with van der Waals surface area (Å²) in [5.74, 6) is -0.581. The van der Waals surface area contributed by atoms with Crippen LogP contribution in [0.1, 0.15) is 54.2 Å². The topological polar surface area (TPSA) is 91.4 Å². The van der Waals surface area contributed by atoms with Gasteiger partial charge in [-0.25, -0.2) is 4.79 Å². The number of aryl methyl sites for hydroxylation is 1. The zero-order valence-electron chi connectivity index (χ0n) is 13.2. The zero-order valence-corrected chi connectivity index (χ0v) is 13.2. The lowest BCUT2D eigenvalue weighted by Crippen LogP contribution is -2.31. The van der Waals surface area contributed by atoms with Gasteiger partial charge < -0.3 is 20.1 Å². The predicted molar refractivity (Wildman–Crippen MR) is 79.0 cm³/mol. The van der Waals surface area contributed by atoms with E-state index in [1.807, 2.05) is 13.8 Å². The number of rotatable bonds is 6. The highest BCUT2D eigenvalue weighted by Crippen LogP contribution is 2.24. The highest BCUT2D eigenvalue weighted by molar-refractivity contribution is 5.91. The molecule has 0 aromatic carbocycles. The monoisotopic (exact) mass is 296 g/mol. The van der Waals surface area contributed by atoms with Gasteiger partial charge in [0.25, 0.3) is 5.91 Å². The van der Waals surface area contributed by atoms with Crippen molar-refractivity contribution >= 4 is 11.9 Å². The summed E-state index contributed by atoms with van der Waals surface area (Å²) >= 11 is 0. The number of esters is 1. The third-order valence-corrected chi connectivity index (χ3v) is 3.16. The highest BCUT2D eigenvalue weighted by Gasteiger charge is 2.21. The van der Waals surface area contributed by atoms with Crippen molar-refractivity contribution in [2.45, 2.75) is 40.7 Å². The maximum atomic E-state index is 12.0. The Morgan fingerprint density at radius 1 is 1.29 bits per heavy atom. The number of aromatic nitrogens is 1. The first-order chi connectivity index (χ1) is 9.73. The van der Waals surface area contributed by atoms with Crippen LogP contribution in [0.5, 0.6) is 0 Å². The Bertz CT molecular complexity index is 518. The van der Waals surface area contributed by atoms with Crippen molar-refractivity contribution in [3.63, 3.8) is 0 Å². The Labute approximate surface area is 124 Å². The van der Waals surface area contributed by atoms with E-state index in [1.54, 1.807) is 20.8 Å². The number of nitrogens with one attached hydrogen (secondary N) is 2. The Morgan fingerprint density at radius 2 is 1.90 bits per heavy atom. The van der Waals surface area contributed by atoms with Crippen LogP contribution in [0.4, 0.5) is 0 Å². The molecule has 118 valence electrons. The fraction of sp³-hybridized carbons (Fsp3) is 0.600. The predicted octanol–water partition coefficient (Wildman–Crippen LogP) is 1.61. The van der Waals surface area contributed by atoms with Crippen LogP contribution in [0.2, 0.25) is 0 Å². The first-order valence-corrected chi connectivity index (χ1v) is 7.05. The second kappa shape index (κ2) is 7.26. The smallest absolute Gasteiger partial charge is 0.355 e. The van der Waals surface area contributed by atoms with E-state index >= 15 is 0 Å². The Balaban J connectivity index is 2.65. The van der Waals surface area contributed by atoms with E-state index in [2.05, 4.69) is 10.3 Å². The number of carbonyl (C=O) groups is 2. The molecule has 6 heteroatoms. The quantitative estimate of drug-likeness (QED) is 0.696. The molecule has 0 fully saturated rings. The normalized spacial score (nSPS) is 12.3. The molecule has 0 radical (unpaired) electrons. The minimum Gasteiger partial charge on any atom is -0.451 e. The molecule has 0 aliphatic heterocycles. The summed E-state index contributed by atoms with van der Waals surface area (Å²) in [4.78, 5) is 26.4. The maximum Gasteiger partial charge on any atom is 0.355 e. The Hall–Kier alpha value is -1.82. The van der Waals surface area contributed by atoms with E-state index < -0.39 is 12.1 Å². The molecule has 0 spiro atoms. The minimum absolute atomic E-state index is 0.278. The van der Waals surface area contributed by atoms with E-state index in [-0.39, 0.29) is 18.2 Å². The fourth-order valence-corrected chi connectivity index (χ4v) is 2.17. The standard InChI is InChI=1S/C15H24N2O4/c1-8(2)6-16-12(19)7-21-15(20)14-9(3)13(11(5)18)10(4)17-14/h8,11,17-18H,6-7H2,1-5H3,(H,16,19)/t11-/m0/s1. The van der Waals surface area contributed by atoms with Crippen molar-refractivity contribution in [1.29, 1.82) is 0 Å². The number of H-pyrrole nitrogens is 1. The summed E-state index contributed by atoms with van der Waals surface area (Å²) in [6.45, 7) is 9.35. The second-order valence-corrected chi connectivity index (χ2v) is 5.61. The van der Waals surface area contributed by atoms with Crippen molar-refractivity contribution in [2.24, 2.45) is 5.92 Å². The third-order valence-electron chi connectivity index (χ3n) is 3.16. The molecule has 1 aromatic heterocycles. The van der Waals surface area contributed by atoms with Gasteiger partial charge in [-0.1, -0.05) is 13.8 Å². The van der Waals surface area contributed by atoms with Crippen molar-refractivity contribution in [3.05, 3.63) is 22.5 Å². The molecule has 0 bridgehead atoms. The van der Waals surface area contributed by atoms with Crippen LogP contribution in [-0.2, 0) is 9.53 Å². The number of aromatic amines is 1. The summed E-state index contributed by atoms with van der Waals surface area (Å²) in [5.41, 5.74) is 2.33. The van der Waals surface area contributed by atoms with Crippen LogP contribution in [0.3, 0.4) is 0 Å². The van der Waals surface area contributed by atoms with Crippen LogP contribution >= 0.6 is 0 Å². The number of aliphatic hydroxyl groups is 1. The van der Waals surface area contributed by atoms with Gasteiger partial charge in [-0.3, -0.25) is 4.79 Å². The zero-order chi connectivity index (χ0) is 16.2. The van der Waals surface area contributed by atoms with Crippen LogP contribution in [0.25, 0.3) is 0 Å². The lowest BCUT2D eigenvalue weighted by molar-refractivity contribution is -0.124. The van der Waals surface area contributed by atoms with Gasteiger partial charge in [-0.2, -0.15) is 0 Å². The van der Waals surface area contributed by atoms with Crippen molar-refractivity contribution < 1.29 is 19.4 Å². The third kappa shape index (κ3) is 4.60. The van der Waals surface area contributed by atoms with E-state index in [9.17, 15) is 14.7 Å². The average Bonchev–Trinajstić information content (AvgIpc) is 2.68. The fourth-order valence-electron chi connectivity index (χ4n) is 2.17. The number of hydrogen-bond acceptors (Lipinski definition) is 4. The molecule has 0 aliphatic carbocycles. The average molecular weight is 296 g/mol. The molecule has 1 rings (SSSR count). The van der Waals surface area contributed by atoms with E-state index in [1.165, 1.54) is 0 Å². The molecule has 1 heterocycles. The molecule has 0 saturated heterocycles. The molecule has 1 aromatic rings. The molecule has 3 N–H and O–H groups in total. The van der Waals surface area contributed by atoms with Crippen LogP contribution in [0, 0.1) is 19.8 Å². The van der Waals surface area contributed by atoms with Gasteiger partial charge >= 0.3 is 5.97 Å². The summed E-state index contributed by atoms with van der Waals surface area (Å²) in [5, 5.41) is 12.4. The van der Waals surface area contributed by atoms with Gasteiger partial charge in [0.1, 0.15) is 5.69 Å². The lowest BCUT2D eigenvalue weighted by Gasteiger charge is -2.08. The Kier molecular flexibility index (Phi) is 5.96. The highest BCUT2D eigenvalue weighted by atomic mass is 16.5. The molecule has 0 aliphatic rings. The number of amides is 1. The van der Waals surface area contributed by atoms with Gasteiger partial charge in [-0.15, -0.1) is 0 Å². The van der Waals surface area contributed by atoms with Crippen LogP contribution in [0.15, 0.2) is 0 Å². The molecular formula is C15H24N2O4. The molecular weight excluding hydrogens is 272 g/mol. The lowest BCUT2D eigenvalue weighted by atomic mass is 10.1. The van der Waals surface area contributed by atoms with Gasteiger partial charge in [0.2, 0.25) is 0 Å². The molecule has 1 amide bonds. The van der Waals surface area contributed by atoms with Gasteiger partial charge in [0.15, 0.2) is 6.61 Å². The largest absolute Gasteiger partial charge is 0.451 e. The maximum absolute atomic E-state index is 12.0. The number of ether oxygens (including phenoxy) is 1. The van der Waals surface area contributed by atoms with E-state index in [0.717, 1.165) is 5.69 Å². The van der Waals surface area contributed by atoms with E-state index in [4.69, 9.17) is 4.74 Å². The summed E-state index contributed by atoms with van der Waals surface area (Å²) < 4.78 is 4.99. The molecule has 0 unspecified atom stereocenters. The Morgan fingerprint density at radius 3 is 2.38 bits per heavy atom. The first-order valence-electron chi connectivity index (χ1n) is 7.05. The SMILES string of the molecule is Cc1[nH]c(C(=O)OCC(=O)NCC(C)C)c(C)c1[C@H](C)O. The van der Waals surface area contributed by atoms with Gasteiger partial charge in [-0.05, 0) is 32.3 Å².